The first-order valence-electron chi connectivity index (χ1n) is 7.72. The monoisotopic (exact) mass is 319 g/mol. The van der Waals surface area contributed by atoms with Crippen molar-refractivity contribution < 1.29 is 4.79 Å². The second kappa shape index (κ2) is 5.73. The van der Waals surface area contributed by atoms with Crippen LogP contribution in [0.1, 0.15) is 5.69 Å². The molecule has 1 aliphatic heterocycles. The minimum absolute atomic E-state index is 0.182. The maximum atomic E-state index is 12.9. The molecule has 6 heteroatoms. The van der Waals surface area contributed by atoms with Gasteiger partial charge >= 0.3 is 6.03 Å². The second-order valence-corrected chi connectivity index (χ2v) is 5.61. The predicted octanol–water partition coefficient (Wildman–Crippen LogP) is 3.33. The van der Waals surface area contributed by atoms with E-state index in [0.29, 0.717) is 6.54 Å². The third-order valence-electron chi connectivity index (χ3n) is 4.14. The van der Waals surface area contributed by atoms with Gasteiger partial charge < -0.3 is 5.32 Å². The fourth-order valence-electron chi connectivity index (χ4n) is 2.94. The van der Waals surface area contributed by atoms with Crippen molar-refractivity contribution >= 4 is 23.1 Å². The minimum Gasteiger partial charge on any atom is -0.308 e. The Morgan fingerprint density at radius 3 is 2.75 bits per heavy atom. The molecule has 0 atom stereocenters. The highest BCUT2D eigenvalue weighted by Crippen LogP contribution is 2.33. The zero-order valence-electron chi connectivity index (χ0n) is 13.3. The van der Waals surface area contributed by atoms with E-state index in [1.807, 2.05) is 71.5 Å². The van der Waals surface area contributed by atoms with Crippen LogP contribution in [0, 0.1) is 0 Å². The van der Waals surface area contributed by atoms with Crippen LogP contribution in [0.3, 0.4) is 0 Å². The van der Waals surface area contributed by atoms with Crippen LogP contribution in [0.15, 0.2) is 67.1 Å². The molecule has 1 aromatic carbocycles. The summed E-state index contributed by atoms with van der Waals surface area (Å²) in [5.74, 6) is 0. The lowest BCUT2D eigenvalue weighted by Crippen LogP contribution is -2.34. The molecule has 0 unspecified atom stereocenters. The Bertz CT molecular complexity index is 874. The summed E-state index contributed by atoms with van der Waals surface area (Å²) in [6.07, 6.45) is 5.44. The van der Waals surface area contributed by atoms with E-state index in [4.69, 9.17) is 0 Å². The highest BCUT2D eigenvalue weighted by Gasteiger charge is 2.26. The van der Waals surface area contributed by atoms with Gasteiger partial charge in [-0.05, 0) is 30.3 Å². The van der Waals surface area contributed by atoms with Crippen molar-refractivity contribution in [3.8, 4) is 0 Å². The van der Waals surface area contributed by atoms with E-state index in [0.717, 1.165) is 22.8 Å². The number of hydrogen-bond acceptors (Lipinski definition) is 3. The lowest BCUT2D eigenvalue weighted by Gasteiger charge is -2.24. The molecule has 0 radical (unpaired) electrons. The Morgan fingerprint density at radius 2 is 1.92 bits per heavy atom. The van der Waals surface area contributed by atoms with Crippen LogP contribution in [-0.4, -0.2) is 22.7 Å². The van der Waals surface area contributed by atoms with Crippen LogP contribution < -0.4 is 15.2 Å². The third-order valence-corrected chi connectivity index (χ3v) is 4.14. The number of anilines is 3. The number of nitrogens with one attached hydrogen (secondary N) is 1. The van der Waals surface area contributed by atoms with Crippen LogP contribution in [-0.2, 0) is 6.54 Å². The van der Waals surface area contributed by atoms with Crippen molar-refractivity contribution in [2.24, 2.45) is 0 Å². The number of pyridine rings is 1. The summed E-state index contributed by atoms with van der Waals surface area (Å²) >= 11 is 0. The summed E-state index contributed by atoms with van der Waals surface area (Å²) in [6.45, 7) is 0.467. The third kappa shape index (κ3) is 2.38. The van der Waals surface area contributed by atoms with Crippen LogP contribution in [0.2, 0.25) is 0 Å². The highest BCUT2D eigenvalue weighted by atomic mass is 16.2. The van der Waals surface area contributed by atoms with Gasteiger partial charge in [-0.1, -0.05) is 18.2 Å². The Morgan fingerprint density at radius 1 is 1.08 bits per heavy atom. The molecule has 0 saturated heterocycles. The molecule has 120 valence electrons. The number of para-hydroxylation sites is 1. The first kappa shape index (κ1) is 14.3. The van der Waals surface area contributed by atoms with Crippen molar-refractivity contribution in [1.82, 2.24) is 9.66 Å². The summed E-state index contributed by atoms with van der Waals surface area (Å²) in [7, 11) is 1.97. The molecule has 24 heavy (non-hydrogen) atoms. The van der Waals surface area contributed by atoms with Crippen molar-refractivity contribution in [3.63, 3.8) is 0 Å². The number of nitrogens with zero attached hydrogens (tertiary/aromatic N) is 4. The summed E-state index contributed by atoms with van der Waals surface area (Å²) < 4.78 is 2.04. The number of fused-ring (bicyclic) bond motifs is 2. The SMILES string of the molecule is CN1c2ccncc2N(C(=O)Nc2ccccc2)Cc2cccn21. The van der Waals surface area contributed by atoms with Gasteiger partial charge in [0.25, 0.3) is 0 Å². The quantitative estimate of drug-likeness (QED) is 0.748. The van der Waals surface area contributed by atoms with Gasteiger partial charge in [-0.2, -0.15) is 0 Å². The number of aromatic nitrogens is 2. The molecule has 3 heterocycles. The van der Waals surface area contributed by atoms with Crippen LogP contribution in [0.25, 0.3) is 0 Å². The van der Waals surface area contributed by atoms with Gasteiger partial charge in [-0.3, -0.25) is 19.6 Å². The van der Waals surface area contributed by atoms with E-state index in [9.17, 15) is 4.79 Å². The van der Waals surface area contributed by atoms with Crippen LogP contribution >= 0.6 is 0 Å². The lowest BCUT2D eigenvalue weighted by molar-refractivity contribution is 0.256. The molecule has 2 aromatic heterocycles. The first-order valence-corrected chi connectivity index (χ1v) is 7.72. The van der Waals surface area contributed by atoms with Gasteiger partial charge in [0.2, 0.25) is 0 Å². The Balaban J connectivity index is 1.74. The number of carbonyl (C=O) groups excluding carboxylic acids is 1. The average molecular weight is 319 g/mol. The zero-order valence-corrected chi connectivity index (χ0v) is 13.3. The van der Waals surface area contributed by atoms with E-state index in [-0.39, 0.29) is 6.03 Å². The second-order valence-electron chi connectivity index (χ2n) is 5.61. The molecule has 3 aromatic rings. The molecule has 0 aliphatic carbocycles. The Hall–Kier alpha value is -3.28. The van der Waals surface area contributed by atoms with Gasteiger partial charge in [0.15, 0.2) is 0 Å². The minimum atomic E-state index is -0.182. The predicted molar refractivity (Wildman–Crippen MR) is 94.1 cm³/mol. The van der Waals surface area contributed by atoms with E-state index >= 15 is 0 Å². The van der Waals surface area contributed by atoms with Gasteiger partial charge in [0.1, 0.15) is 0 Å². The van der Waals surface area contributed by atoms with Gasteiger partial charge in [0.05, 0.1) is 29.8 Å². The standard InChI is InChI=1S/C18H17N5O/c1-21-16-9-10-19-12-17(16)22(13-15-8-5-11-23(15)21)18(24)20-14-6-3-2-4-7-14/h2-12H,13H2,1H3,(H,20,24). The molecular formula is C18H17N5O. The van der Waals surface area contributed by atoms with Crippen LogP contribution in [0.5, 0.6) is 0 Å². The smallest absolute Gasteiger partial charge is 0.308 e. The molecule has 0 fully saturated rings. The Kier molecular flexibility index (Phi) is 3.42. The zero-order chi connectivity index (χ0) is 16.5. The van der Waals surface area contributed by atoms with Crippen molar-refractivity contribution in [1.29, 1.82) is 0 Å². The maximum absolute atomic E-state index is 12.9. The largest absolute Gasteiger partial charge is 0.326 e. The Labute approximate surface area is 139 Å². The van der Waals surface area contributed by atoms with E-state index < -0.39 is 0 Å². The van der Waals surface area contributed by atoms with Crippen LogP contribution in [0.4, 0.5) is 21.9 Å². The highest BCUT2D eigenvalue weighted by molar-refractivity contribution is 6.03. The first-order chi connectivity index (χ1) is 11.7. The maximum Gasteiger partial charge on any atom is 0.326 e. The summed E-state index contributed by atoms with van der Waals surface area (Å²) in [6, 6.07) is 15.2. The fourth-order valence-corrected chi connectivity index (χ4v) is 2.94. The summed E-state index contributed by atoms with van der Waals surface area (Å²) in [5, 5.41) is 4.97. The van der Waals surface area contributed by atoms with Crippen molar-refractivity contribution in [2.75, 3.05) is 22.3 Å². The summed E-state index contributed by atoms with van der Waals surface area (Å²) in [5.41, 5.74) is 3.48. The molecule has 6 nitrogen and oxygen atoms in total. The molecule has 1 N–H and O–H groups in total. The molecule has 0 bridgehead atoms. The number of urea groups is 1. The topological polar surface area (TPSA) is 53.4 Å². The normalized spacial score (nSPS) is 13.0. The number of rotatable bonds is 1. The lowest BCUT2D eigenvalue weighted by atomic mass is 10.3. The number of hydrogen-bond donors (Lipinski definition) is 1. The summed E-state index contributed by atoms with van der Waals surface area (Å²) in [4.78, 5) is 18.8. The van der Waals surface area contributed by atoms with Gasteiger partial charge in [-0.15, -0.1) is 0 Å². The van der Waals surface area contributed by atoms with E-state index in [1.54, 1.807) is 17.3 Å². The van der Waals surface area contributed by atoms with E-state index in [2.05, 4.69) is 10.3 Å². The van der Waals surface area contributed by atoms with E-state index in [1.165, 1.54) is 0 Å². The number of carbonyl (C=O) groups is 1. The fraction of sp³-hybridized carbons (Fsp3) is 0.111. The molecular weight excluding hydrogens is 302 g/mol. The molecule has 4 rings (SSSR count). The molecule has 1 aliphatic rings. The number of amides is 2. The average Bonchev–Trinajstić information content (AvgIpc) is 3.04. The van der Waals surface area contributed by atoms with Crippen molar-refractivity contribution in [3.05, 3.63) is 72.8 Å². The van der Waals surface area contributed by atoms with Gasteiger partial charge in [-0.25, -0.2) is 4.79 Å². The van der Waals surface area contributed by atoms with Gasteiger partial charge in [0, 0.05) is 25.1 Å². The molecule has 0 saturated carbocycles. The number of benzene rings is 1. The molecule has 2 amide bonds. The van der Waals surface area contributed by atoms with Crippen molar-refractivity contribution in [2.45, 2.75) is 6.54 Å². The molecule has 0 spiro atoms.